The van der Waals surface area contributed by atoms with Crippen LogP contribution in [-0.4, -0.2) is 34.9 Å². The third-order valence-electron chi connectivity index (χ3n) is 4.92. The predicted molar refractivity (Wildman–Crippen MR) is 113 cm³/mol. The van der Waals surface area contributed by atoms with Crippen molar-refractivity contribution in [1.82, 2.24) is 15.0 Å². The van der Waals surface area contributed by atoms with E-state index in [1.807, 2.05) is 20.8 Å². The molecule has 6 nitrogen and oxygen atoms in total. The van der Waals surface area contributed by atoms with Crippen molar-refractivity contribution in [3.8, 4) is 0 Å². The fraction of sp³-hybridized carbons (Fsp3) is 0.571. The summed E-state index contributed by atoms with van der Waals surface area (Å²) in [6, 6.07) is 8.26. The molecule has 0 unspecified atom stereocenters. The number of esters is 1. The van der Waals surface area contributed by atoms with Gasteiger partial charge in [0, 0.05) is 0 Å². The van der Waals surface area contributed by atoms with Gasteiger partial charge < -0.3 is 9.16 Å². The second-order valence-corrected chi connectivity index (χ2v) is 14.5. The zero-order valence-electron chi connectivity index (χ0n) is 18.4. The zero-order chi connectivity index (χ0) is 21.2. The first kappa shape index (κ1) is 22.3. The monoisotopic (exact) mass is 403 g/mol. The van der Waals surface area contributed by atoms with Crippen molar-refractivity contribution >= 4 is 14.3 Å². The Kier molecular flexibility index (Phi) is 6.50. The Morgan fingerprint density at radius 3 is 2.14 bits per heavy atom. The zero-order valence-corrected chi connectivity index (χ0v) is 19.4. The highest BCUT2D eigenvalue weighted by molar-refractivity contribution is 6.74. The van der Waals surface area contributed by atoms with Gasteiger partial charge >= 0.3 is 5.97 Å². The molecule has 0 bridgehead atoms. The van der Waals surface area contributed by atoms with Gasteiger partial charge in [-0.2, -0.15) is 0 Å². The number of carbonyl (C=O) groups is 1. The van der Waals surface area contributed by atoms with Crippen molar-refractivity contribution in [2.24, 2.45) is 0 Å². The molecule has 28 heavy (non-hydrogen) atoms. The molecular formula is C21H33N3O3Si. The molecule has 1 aromatic heterocycles. The molecule has 2 aromatic rings. The molecule has 0 aliphatic heterocycles. The van der Waals surface area contributed by atoms with E-state index in [2.05, 4.69) is 68.4 Å². The standard InChI is InChI=1S/C21H33N3O3Si/c1-20(2,3)27-19(25)18-14-24(23-22-18)13-16-9-11-17(12-10-16)15-26-28(7,8)21(4,5)6/h9-12,14H,13,15H2,1-8H3. The quantitative estimate of drug-likeness (QED) is 0.512. The summed E-state index contributed by atoms with van der Waals surface area (Å²) < 4.78 is 13.2. The number of hydrogen-bond donors (Lipinski definition) is 0. The summed E-state index contributed by atoms with van der Waals surface area (Å²) in [5, 5.41) is 8.14. The molecule has 0 saturated heterocycles. The average molecular weight is 404 g/mol. The molecule has 0 aliphatic carbocycles. The smallest absolute Gasteiger partial charge is 0.361 e. The van der Waals surface area contributed by atoms with Crippen molar-refractivity contribution in [3.05, 3.63) is 47.3 Å². The molecule has 0 spiro atoms. The van der Waals surface area contributed by atoms with Crippen LogP contribution in [0.4, 0.5) is 0 Å². The van der Waals surface area contributed by atoms with E-state index >= 15 is 0 Å². The van der Waals surface area contributed by atoms with Gasteiger partial charge in [-0.05, 0) is 50.0 Å². The van der Waals surface area contributed by atoms with Crippen LogP contribution in [0, 0.1) is 0 Å². The maximum Gasteiger partial charge on any atom is 0.361 e. The van der Waals surface area contributed by atoms with E-state index < -0.39 is 19.9 Å². The van der Waals surface area contributed by atoms with Gasteiger partial charge in [-0.15, -0.1) is 5.10 Å². The predicted octanol–water partition coefficient (Wildman–Crippen LogP) is 4.80. The van der Waals surface area contributed by atoms with Crippen molar-refractivity contribution in [1.29, 1.82) is 0 Å². The lowest BCUT2D eigenvalue weighted by atomic mass is 10.1. The minimum atomic E-state index is -1.75. The SMILES string of the molecule is CC(C)(C)OC(=O)c1cn(Cc2ccc(CO[Si](C)(C)C(C)(C)C)cc2)nn1. The third-order valence-corrected chi connectivity index (χ3v) is 9.40. The minimum Gasteiger partial charge on any atom is -0.455 e. The highest BCUT2D eigenvalue weighted by atomic mass is 28.4. The number of carbonyl (C=O) groups excluding carboxylic acids is 1. The summed E-state index contributed by atoms with van der Waals surface area (Å²) in [5.74, 6) is -0.461. The maximum atomic E-state index is 12.0. The van der Waals surface area contributed by atoms with E-state index in [0.29, 0.717) is 13.2 Å². The largest absolute Gasteiger partial charge is 0.455 e. The van der Waals surface area contributed by atoms with Crippen molar-refractivity contribution < 1.29 is 14.0 Å². The number of ether oxygens (including phenoxy) is 1. The van der Waals surface area contributed by atoms with Crippen molar-refractivity contribution in [2.75, 3.05) is 0 Å². The fourth-order valence-electron chi connectivity index (χ4n) is 2.21. The van der Waals surface area contributed by atoms with Gasteiger partial charge in [-0.1, -0.05) is 50.3 Å². The van der Waals surface area contributed by atoms with Gasteiger partial charge in [0.1, 0.15) is 5.60 Å². The number of rotatable bonds is 6. The van der Waals surface area contributed by atoms with E-state index in [-0.39, 0.29) is 10.7 Å². The van der Waals surface area contributed by atoms with Crippen LogP contribution in [0.1, 0.15) is 63.2 Å². The van der Waals surface area contributed by atoms with E-state index in [4.69, 9.17) is 9.16 Å². The summed E-state index contributed by atoms with van der Waals surface area (Å²) in [7, 11) is -1.75. The van der Waals surface area contributed by atoms with Crippen molar-refractivity contribution in [2.45, 2.75) is 78.4 Å². The Labute approximate surface area is 169 Å². The Morgan fingerprint density at radius 1 is 1.04 bits per heavy atom. The minimum absolute atomic E-state index is 0.200. The van der Waals surface area contributed by atoms with Crippen LogP contribution in [0.15, 0.2) is 30.5 Å². The van der Waals surface area contributed by atoms with Crippen LogP contribution >= 0.6 is 0 Å². The number of benzene rings is 1. The van der Waals surface area contributed by atoms with E-state index in [9.17, 15) is 4.79 Å². The molecule has 2 rings (SSSR count). The summed E-state index contributed by atoms with van der Waals surface area (Å²) in [6.45, 7) is 17.9. The summed E-state index contributed by atoms with van der Waals surface area (Å²) in [6.07, 6.45) is 1.61. The fourth-order valence-corrected chi connectivity index (χ4v) is 3.17. The lowest BCUT2D eigenvalue weighted by molar-refractivity contribution is 0.00627. The highest BCUT2D eigenvalue weighted by Gasteiger charge is 2.36. The second-order valence-electron chi connectivity index (χ2n) is 9.67. The summed E-state index contributed by atoms with van der Waals surface area (Å²) in [5.41, 5.74) is 1.90. The molecule has 0 atom stereocenters. The molecule has 154 valence electrons. The molecule has 0 saturated carbocycles. The molecule has 0 aliphatic rings. The van der Waals surface area contributed by atoms with Crippen LogP contribution in [-0.2, 0) is 22.3 Å². The molecule has 0 fully saturated rings. The van der Waals surface area contributed by atoms with Crippen LogP contribution in [0.3, 0.4) is 0 Å². The van der Waals surface area contributed by atoms with Crippen LogP contribution in [0.25, 0.3) is 0 Å². The summed E-state index contributed by atoms with van der Waals surface area (Å²) >= 11 is 0. The molecule has 7 heteroatoms. The lowest BCUT2D eigenvalue weighted by Gasteiger charge is -2.36. The third kappa shape index (κ3) is 6.27. The Hall–Kier alpha value is -1.99. The van der Waals surface area contributed by atoms with E-state index in [1.165, 1.54) is 0 Å². The molecule has 1 aromatic carbocycles. The number of aromatic nitrogens is 3. The van der Waals surface area contributed by atoms with Gasteiger partial charge in [-0.3, -0.25) is 0 Å². The maximum absolute atomic E-state index is 12.0. The van der Waals surface area contributed by atoms with Gasteiger partial charge in [0.2, 0.25) is 0 Å². The summed E-state index contributed by atoms with van der Waals surface area (Å²) in [4.78, 5) is 12.0. The van der Waals surface area contributed by atoms with Crippen LogP contribution in [0.2, 0.25) is 18.1 Å². The average Bonchev–Trinajstić information content (AvgIpc) is 3.00. The normalized spacial score (nSPS) is 12.9. The first-order valence-corrected chi connectivity index (χ1v) is 12.5. The van der Waals surface area contributed by atoms with Gasteiger partial charge in [0.15, 0.2) is 14.0 Å². The van der Waals surface area contributed by atoms with E-state index in [1.54, 1.807) is 10.9 Å². The van der Waals surface area contributed by atoms with Crippen molar-refractivity contribution in [3.63, 3.8) is 0 Å². The van der Waals surface area contributed by atoms with Crippen LogP contribution < -0.4 is 0 Å². The Balaban J connectivity index is 1.95. The molecule has 0 N–H and O–H groups in total. The number of hydrogen-bond acceptors (Lipinski definition) is 5. The first-order valence-electron chi connectivity index (χ1n) is 9.62. The molecular weight excluding hydrogens is 370 g/mol. The molecule has 1 heterocycles. The Bertz CT molecular complexity index is 800. The lowest BCUT2D eigenvalue weighted by Crippen LogP contribution is -2.40. The topological polar surface area (TPSA) is 66.2 Å². The number of nitrogens with zero attached hydrogens (tertiary/aromatic N) is 3. The van der Waals surface area contributed by atoms with Gasteiger partial charge in [0.25, 0.3) is 0 Å². The second kappa shape index (κ2) is 8.17. The first-order chi connectivity index (χ1) is 12.8. The van der Waals surface area contributed by atoms with Crippen LogP contribution in [0.5, 0.6) is 0 Å². The molecule has 0 radical (unpaired) electrons. The highest BCUT2D eigenvalue weighted by Crippen LogP contribution is 2.37. The van der Waals surface area contributed by atoms with E-state index in [0.717, 1.165) is 11.1 Å². The molecule has 0 amide bonds. The van der Waals surface area contributed by atoms with Gasteiger partial charge in [0.05, 0.1) is 19.3 Å². The van der Waals surface area contributed by atoms with Gasteiger partial charge in [-0.25, -0.2) is 9.48 Å². The Morgan fingerprint density at radius 2 is 1.61 bits per heavy atom.